The van der Waals surface area contributed by atoms with Crippen molar-refractivity contribution in [2.75, 3.05) is 0 Å². The van der Waals surface area contributed by atoms with E-state index in [-0.39, 0.29) is 11.5 Å². The summed E-state index contributed by atoms with van der Waals surface area (Å²) in [7, 11) is 0. The van der Waals surface area contributed by atoms with Crippen molar-refractivity contribution < 1.29 is 15.3 Å². The van der Waals surface area contributed by atoms with Crippen molar-refractivity contribution in [3.8, 4) is 11.5 Å². The van der Waals surface area contributed by atoms with Crippen LogP contribution in [-0.4, -0.2) is 27.6 Å². The van der Waals surface area contributed by atoms with Gasteiger partial charge in [0.05, 0.1) is 6.04 Å². The Bertz CT molecular complexity index is 872. The van der Waals surface area contributed by atoms with Crippen molar-refractivity contribution in [2.45, 2.75) is 19.1 Å². The maximum absolute atomic E-state index is 10.4. The highest BCUT2D eigenvalue weighted by molar-refractivity contribution is 6.02. The Morgan fingerprint density at radius 2 is 1.62 bits per heavy atom. The molecule has 3 N–H and O–H groups in total. The van der Waals surface area contributed by atoms with Crippen LogP contribution >= 0.6 is 0 Å². The fourth-order valence-electron chi connectivity index (χ4n) is 2.64. The van der Waals surface area contributed by atoms with Crippen LogP contribution in [0.3, 0.4) is 0 Å². The fourth-order valence-corrected chi connectivity index (χ4v) is 2.64. The number of nitrogens with zero attached hydrogens (tertiary/aromatic N) is 1. The van der Waals surface area contributed by atoms with Gasteiger partial charge in [-0.15, -0.1) is 0 Å². The number of aliphatic hydroxyl groups is 1. The third kappa shape index (κ3) is 3.24. The van der Waals surface area contributed by atoms with E-state index in [0.717, 1.165) is 10.8 Å². The number of aliphatic hydroxyl groups excluding tert-OH is 1. The van der Waals surface area contributed by atoms with Crippen LogP contribution in [0.5, 0.6) is 11.5 Å². The molecule has 0 unspecified atom stereocenters. The lowest BCUT2D eigenvalue weighted by atomic mass is 10.0. The third-order valence-corrected chi connectivity index (χ3v) is 4.08. The number of hydrogen-bond acceptors (Lipinski definition) is 4. The molecule has 0 heterocycles. The number of rotatable bonds is 4. The molecule has 0 radical (unpaired) electrons. The lowest BCUT2D eigenvalue weighted by Gasteiger charge is -2.15. The molecule has 0 spiro atoms. The van der Waals surface area contributed by atoms with E-state index < -0.39 is 12.1 Å². The monoisotopic (exact) mass is 321 g/mol. The topological polar surface area (TPSA) is 73.1 Å². The predicted octanol–water partition coefficient (Wildman–Crippen LogP) is 3.79. The maximum Gasteiger partial charge on any atom is 0.124 e. The van der Waals surface area contributed by atoms with Gasteiger partial charge >= 0.3 is 0 Å². The van der Waals surface area contributed by atoms with E-state index in [9.17, 15) is 15.3 Å². The molecule has 0 amide bonds. The highest BCUT2D eigenvalue weighted by atomic mass is 16.3. The summed E-state index contributed by atoms with van der Waals surface area (Å²) in [6, 6.07) is 17.3. The first kappa shape index (κ1) is 16.0. The molecule has 0 saturated heterocycles. The zero-order valence-electron chi connectivity index (χ0n) is 13.3. The first-order valence-electron chi connectivity index (χ1n) is 7.77. The Labute approximate surface area is 140 Å². The smallest absolute Gasteiger partial charge is 0.124 e. The van der Waals surface area contributed by atoms with Gasteiger partial charge in [0.25, 0.3) is 0 Å². The van der Waals surface area contributed by atoms with Gasteiger partial charge in [-0.1, -0.05) is 42.5 Å². The van der Waals surface area contributed by atoms with Crippen LogP contribution in [0.2, 0.25) is 0 Å². The summed E-state index contributed by atoms with van der Waals surface area (Å²) in [6.45, 7) is 1.80. The molecule has 0 aliphatic heterocycles. The number of fused-ring (bicyclic) bond motifs is 1. The number of phenolic OH excluding ortho intramolecular Hbond substituents is 2. The van der Waals surface area contributed by atoms with Crippen molar-refractivity contribution in [3.63, 3.8) is 0 Å². The fraction of sp³-hybridized carbons (Fsp3) is 0.150. The van der Waals surface area contributed by atoms with Crippen molar-refractivity contribution in [1.29, 1.82) is 0 Å². The Balaban J connectivity index is 1.87. The van der Waals surface area contributed by atoms with E-state index in [2.05, 4.69) is 4.99 Å². The number of aromatic hydroxyl groups is 2. The molecule has 3 aromatic rings. The van der Waals surface area contributed by atoms with Gasteiger partial charge in [0, 0.05) is 11.8 Å². The summed E-state index contributed by atoms with van der Waals surface area (Å²) in [6.07, 6.45) is 0.811. The molecule has 0 aliphatic rings. The molecular formula is C20H19NO3. The van der Waals surface area contributed by atoms with Crippen LogP contribution in [0.25, 0.3) is 10.8 Å². The molecule has 0 saturated carbocycles. The molecule has 4 nitrogen and oxygen atoms in total. The van der Waals surface area contributed by atoms with Gasteiger partial charge in [-0.05, 0) is 41.5 Å². The first-order chi connectivity index (χ1) is 11.6. The largest absolute Gasteiger partial charge is 0.508 e. The van der Waals surface area contributed by atoms with Crippen LogP contribution in [0.4, 0.5) is 0 Å². The second-order valence-corrected chi connectivity index (χ2v) is 5.77. The minimum atomic E-state index is -0.793. The van der Waals surface area contributed by atoms with Gasteiger partial charge in [0.1, 0.15) is 17.6 Å². The van der Waals surface area contributed by atoms with E-state index in [0.29, 0.717) is 11.1 Å². The SMILES string of the molecule is C[C@@H](N=Cc1c(O)ccc2ccccc12)[C@@H](O)c1ccc(O)cc1. The molecular weight excluding hydrogens is 302 g/mol. The van der Waals surface area contributed by atoms with Crippen LogP contribution in [0, 0.1) is 0 Å². The summed E-state index contributed by atoms with van der Waals surface area (Å²) >= 11 is 0. The second-order valence-electron chi connectivity index (χ2n) is 5.77. The minimum absolute atomic E-state index is 0.155. The maximum atomic E-state index is 10.4. The van der Waals surface area contributed by atoms with Gasteiger partial charge in [-0.3, -0.25) is 4.99 Å². The van der Waals surface area contributed by atoms with E-state index in [1.54, 1.807) is 31.3 Å². The molecule has 0 aromatic heterocycles. The van der Waals surface area contributed by atoms with Crippen LogP contribution in [-0.2, 0) is 0 Å². The zero-order chi connectivity index (χ0) is 17.1. The van der Waals surface area contributed by atoms with Gasteiger partial charge in [0.15, 0.2) is 0 Å². The normalized spacial score (nSPS) is 14.1. The molecule has 0 bridgehead atoms. The van der Waals surface area contributed by atoms with E-state index >= 15 is 0 Å². The Morgan fingerprint density at radius 1 is 0.917 bits per heavy atom. The zero-order valence-corrected chi connectivity index (χ0v) is 13.3. The van der Waals surface area contributed by atoms with Gasteiger partial charge in [-0.2, -0.15) is 0 Å². The Hall–Kier alpha value is -2.85. The van der Waals surface area contributed by atoms with Crippen molar-refractivity contribution in [3.05, 3.63) is 71.8 Å². The predicted molar refractivity (Wildman–Crippen MR) is 95.7 cm³/mol. The van der Waals surface area contributed by atoms with E-state index in [1.807, 2.05) is 30.3 Å². The third-order valence-electron chi connectivity index (χ3n) is 4.08. The summed E-state index contributed by atoms with van der Waals surface area (Å²) < 4.78 is 0. The van der Waals surface area contributed by atoms with Crippen molar-refractivity contribution >= 4 is 17.0 Å². The van der Waals surface area contributed by atoms with Gasteiger partial charge in [0.2, 0.25) is 0 Å². The van der Waals surface area contributed by atoms with Crippen molar-refractivity contribution in [2.24, 2.45) is 4.99 Å². The first-order valence-corrected chi connectivity index (χ1v) is 7.77. The lowest BCUT2D eigenvalue weighted by molar-refractivity contribution is 0.154. The van der Waals surface area contributed by atoms with Crippen LogP contribution < -0.4 is 0 Å². The number of hydrogen-bond donors (Lipinski definition) is 3. The molecule has 3 rings (SSSR count). The molecule has 2 atom stereocenters. The highest BCUT2D eigenvalue weighted by Crippen LogP contribution is 2.26. The van der Waals surface area contributed by atoms with E-state index in [1.165, 1.54) is 12.1 Å². The van der Waals surface area contributed by atoms with Crippen LogP contribution in [0.15, 0.2) is 65.7 Å². The highest BCUT2D eigenvalue weighted by Gasteiger charge is 2.15. The average Bonchev–Trinajstić information content (AvgIpc) is 2.60. The van der Waals surface area contributed by atoms with Crippen LogP contribution in [0.1, 0.15) is 24.2 Å². The quantitative estimate of drug-likeness (QED) is 0.640. The lowest BCUT2D eigenvalue weighted by Crippen LogP contribution is -2.12. The average molecular weight is 321 g/mol. The van der Waals surface area contributed by atoms with Gasteiger partial charge < -0.3 is 15.3 Å². The standard InChI is InChI=1S/C20H19NO3/c1-13(20(24)15-6-9-16(22)10-7-15)21-12-18-17-5-3-2-4-14(17)8-11-19(18)23/h2-13,20,22-24H,1H3/t13-,20-/m1/s1. The minimum Gasteiger partial charge on any atom is -0.508 e. The van der Waals surface area contributed by atoms with E-state index in [4.69, 9.17) is 0 Å². The number of phenols is 2. The molecule has 0 aliphatic carbocycles. The molecule has 0 fully saturated rings. The Kier molecular flexibility index (Phi) is 4.49. The molecule has 4 heteroatoms. The molecule has 3 aromatic carbocycles. The summed E-state index contributed by atoms with van der Waals surface area (Å²) in [5.41, 5.74) is 1.32. The van der Waals surface area contributed by atoms with Gasteiger partial charge in [-0.25, -0.2) is 0 Å². The summed E-state index contributed by atoms with van der Waals surface area (Å²) in [5.74, 6) is 0.312. The Morgan fingerprint density at radius 3 is 2.38 bits per heavy atom. The molecule has 24 heavy (non-hydrogen) atoms. The summed E-state index contributed by atoms with van der Waals surface area (Å²) in [4.78, 5) is 4.41. The molecule has 122 valence electrons. The summed E-state index contributed by atoms with van der Waals surface area (Å²) in [5, 5.41) is 31.8. The second kappa shape index (κ2) is 6.72. The number of benzene rings is 3. The van der Waals surface area contributed by atoms with Crippen molar-refractivity contribution in [1.82, 2.24) is 0 Å². The number of aliphatic imine (C=N–C) groups is 1.